The Morgan fingerprint density at radius 2 is 2.50 bits per heavy atom. The molecule has 1 unspecified atom stereocenters. The number of thiophene rings is 1. The van der Waals surface area contributed by atoms with Crippen LogP contribution in [0.4, 0.5) is 0 Å². The van der Waals surface area contributed by atoms with Crippen LogP contribution in [0.1, 0.15) is 16.5 Å². The van der Waals surface area contributed by atoms with Crippen molar-refractivity contribution >= 4 is 22.9 Å². The van der Waals surface area contributed by atoms with Gasteiger partial charge in [-0.05, 0) is 47.4 Å². The Labute approximate surface area is 91.0 Å². The lowest BCUT2D eigenvalue weighted by atomic mass is 10.1. The highest BCUT2D eigenvalue weighted by Crippen LogP contribution is 2.20. The summed E-state index contributed by atoms with van der Waals surface area (Å²) in [7, 11) is 1.97. The Kier molecular flexibility index (Phi) is 3.23. The van der Waals surface area contributed by atoms with Crippen LogP contribution < -0.4 is 5.32 Å². The van der Waals surface area contributed by atoms with Crippen LogP contribution in [0.15, 0.2) is 23.0 Å². The first-order chi connectivity index (χ1) is 6.90. The van der Waals surface area contributed by atoms with E-state index in [4.69, 9.17) is 0 Å². The lowest BCUT2D eigenvalue weighted by Crippen LogP contribution is -2.17. The number of likely N-dealkylation sites (N-methyl/N-ethyl adjacent to an activating group) is 1. The van der Waals surface area contributed by atoms with E-state index in [1.807, 2.05) is 13.2 Å². The Hall–Kier alpha value is -0.780. The first-order valence-corrected chi connectivity index (χ1v) is 6.07. The maximum atomic E-state index is 3.87. The summed E-state index contributed by atoms with van der Waals surface area (Å²) in [5, 5.41) is 11.4. The molecule has 0 radical (unpaired) electrons. The molecule has 0 saturated carbocycles. The Balaban J connectivity index is 2.08. The van der Waals surface area contributed by atoms with Gasteiger partial charge in [-0.2, -0.15) is 11.3 Å². The Morgan fingerprint density at radius 1 is 1.57 bits per heavy atom. The molecule has 0 aliphatic heterocycles. The van der Waals surface area contributed by atoms with Crippen LogP contribution in [0.5, 0.6) is 0 Å². The smallest absolute Gasteiger partial charge is 0.0669 e. The van der Waals surface area contributed by atoms with Crippen molar-refractivity contribution in [2.45, 2.75) is 12.5 Å². The maximum absolute atomic E-state index is 3.87. The van der Waals surface area contributed by atoms with Gasteiger partial charge < -0.3 is 5.32 Å². The summed E-state index contributed by atoms with van der Waals surface area (Å²) < 4.78 is 3.87. The van der Waals surface area contributed by atoms with E-state index in [1.165, 1.54) is 22.0 Å². The molecular weight excluding hydrogens is 214 g/mol. The Bertz CT molecular complexity index is 355. The second kappa shape index (κ2) is 4.63. The van der Waals surface area contributed by atoms with Crippen LogP contribution in [-0.4, -0.2) is 16.6 Å². The molecule has 0 bridgehead atoms. The van der Waals surface area contributed by atoms with Crippen LogP contribution in [0.3, 0.4) is 0 Å². The van der Waals surface area contributed by atoms with Crippen molar-refractivity contribution in [3.63, 3.8) is 0 Å². The molecular formula is C9H11N3S2. The summed E-state index contributed by atoms with van der Waals surface area (Å²) in [6.07, 6.45) is 2.84. The predicted octanol–water partition coefficient (Wildman–Crippen LogP) is 2.10. The van der Waals surface area contributed by atoms with E-state index in [-0.39, 0.29) is 0 Å². The molecule has 14 heavy (non-hydrogen) atoms. The van der Waals surface area contributed by atoms with Gasteiger partial charge in [0.05, 0.1) is 11.1 Å². The van der Waals surface area contributed by atoms with Gasteiger partial charge >= 0.3 is 0 Å². The minimum atomic E-state index is 0.338. The zero-order valence-corrected chi connectivity index (χ0v) is 9.44. The molecule has 74 valence electrons. The van der Waals surface area contributed by atoms with Crippen molar-refractivity contribution in [2.75, 3.05) is 7.05 Å². The van der Waals surface area contributed by atoms with Crippen molar-refractivity contribution in [2.24, 2.45) is 0 Å². The van der Waals surface area contributed by atoms with Crippen LogP contribution in [0.2, 0.25) is 0 Å². The van der Waals surface area contributed by atoms with Crippen molar-refractivity contribution < 1.29 is 0 Å². The molecule has 1 N–H and O–H groups in total. The van der Waals surface area contributed by atoms with Crippen LogP contribution in [-0.2, 0) is 6.42 Å². The van der Waals surface area contributed by atoms with Crippen molar-refractivity contribution in [3.05, 3.63) is 33.5 Å². The van der Waals surface area contributed by atoms with Crippen LogP contribution >= 0.6 is 22.9 Å². The topological polar surface area (TPSA) is 37.8 Å². The molecule has 0 spiro atoms. The van der Waals surface area contributed by atoms with Gasteiger partial charge in [-0.15, -0.1) is 5.10 Å². The third kappa shape index (κ3) is 2.17. The normalized spacial score (nSPS) is 12.9. The van der Waals surface area contributed by atoms with Gasteiger partial charge in [0.15, 0.2) is 0 Å². The first-order valence-electron chi connectivity index (χ1n) is 4.35. The molecule has 1 atom stereocenters. The summed E-state index contributed by atoms with van der Waals surface area (Å²) in [6.45, 7) is 0. The van der Waals surface area contributed by atoms with Crippen molar-refractivity contribution in [1.82, 2.24) is 14.9 Å². The molecule has 0 fully saturated rings. The molecule has 0 saturated heterocycles. The van der Waals surface area contributed by atoms with Crippen LogP contribution in [0.25, 0.3) is 0 Å². The van der Waals surface area contributed by atoms with Gasteiger partial charge in [0.2, 0.25) is 0 Å². The average Bonchev–Trinajstić information content (AvgIpc) is 2.86. The molecule has 3 nitrogen and oxygen atoms in total. The van der Waals surface area contributed by atoms with Crippen LogP contribution in [0, 0.1) is 0 Å². The van der Waals surface area contributed by atoms with Gasteiger partial charge in [0.25, 0.3) is 0 Å². The third-order valence-corrected chi connectivity index (χ3v) is 3.60. The number of hydrogen-bond donors (Lipinski definition) is 1. The largest absolute Gasteiger partial charge is 0.312 e. The molecule has 2 aromatic rings. The fourth-order valence-corrected chi connectivity index (χ4v) is 2.61. The lowest BCUT2D eigenvalue weighted by Gasteiger charge is -2.11. The van der Waals surface area contributed by atoms with Gasteiger partial charge in [0.1, 0.15) is 0 Å². The summed E-state index contributed by atoms with van der Waals surface area (Å²) in [4.78, 5) is 1.19. The molecule has 0 aliphatic rings. The predicted molar refractivity (Wildman–Crippen MR) is 59.7 cm³/mol. The Morgan fingerprint density at radius 3 is 3.07 bits per heavy atom. The molecule has 2 rings (SSSR count). The van der Waals surface area contributed by atoms with E-state index in [0.29, 0.717) is 6.04 Å². The second-order valence-corrected chi connectivity index (χ2v) is 4.59. The molecule has 0 aromatic carbocycles. The summed E-state index contributed by atoms with van der Waals surface area (Å²) >= 11 is 3.19. The molecule has 0 amide bonds. The van der Waals surface area contributed by atoms with E-state index >= 15 is 0 Å². The van der Waals surface area contributed by atoms with Gasteiger partial charge in [-0.25, -0.2) is 0 Å². The highest BCUT2D eigenvalue weighted by molar-refractivity contribution is 7.08. The third-order valence-electron chi connectivity index (χ3n) is 2.09. The van der Waals surface area contributed by atoms with Gasteiger partial charge in [-0.1, -0.05) is 4.49 Å². The fraction of sp³-hybridized carbons (Fsp3) is 0.333. The number of nitrogens with zero attached hydrogens (tertiary/aromatic N) is 2. The monoisotopic (exact) mass is 225 g/mol. The highest BCUT2D eigenvalue weighted by atomic mass is 32.1. The van der Waals surface area contributed by atoms with Crippen molar-refractivity contribution in [3.8, 4) is 0 Å². The summed E-state index contributed by atoms with van der Waals surface area (Å²) in [6, 6.07) is 2.49. The zero-order valence-electron chi connectivity index (χ0n) is 7.80. The van der Waals surface area contributed by atoms with E-state index in [9.17, 15) is 0 Å². The van der Waals surface area contributed by atoms with E-state index < -0.39 is 0 Å². The number of nitrogens with one attached hydrogen (secondary N) is 1. The van der Waals surface area contributed by atoms with Gasteiger partial charge in [0, 0.05) is 6.04 Å². The minimum Gasteiger partial charge on any atom is -0.312 e. The van der Waals surface area contributed by atoms with E-state index in [0.717, 1.165) is 6.42 Å². The zero-order chi connectivity index (χ0) is 9.80. The second-order valence-electron chi connectivity index (χ2n) is 3.00. The lowest BCUT2D eigenvalue weighted by molar-refractivity contribution is 0.602. The SMILES string of the molecule is CNC(Cc1ccsc1)c1cnns1. The minimum absolute atomic E-state index is 0.338. The standard InChI is InChI=1S/C9H11N3S2/c1-10-8(9-5-11-12-14-9)4-7-2-3-13-6-7/h2-3,5-6,8,10H,4H2,1H3. The van der Waals surface area contributed by atoms with E-state index in [2.05, 4.69) is 31.7 Å². The maximum Gasteiger partial charge on any atom is 0.0669 e. The number of aromatic nitrogens is 2. The number of hydrogen-bond acceptors (Lipinski definition) is 5. The number of rotatable bonds is 4. The molecule has 0 aliphatic carbocycles. The van der Waals surface area contributed by atoms with E-state index in [1.54, 1.807) is 11.3 Å². The molecule has 2 aromatic heterocycles. The highest BCUT2D eigenvalue weighted by Gasteiger charge is 2.12. The van der Waals surface area contributed by atoms with Crippen molar-refractivity contribution in [1.29, 1.82) is 0 Å². The molecule has 5 heteroatoms. The summed E-state index contributed by atoms with van der Waals surface area (Å²) in [5.74, 6) is 0. The first kappa shape index (κ1) is 9.76. The van der Waals surface area contributed by atoms with Gasteiger partial charge in [-0.3, -0.25) is 0 Å². The summed E-state index contributed by atoms with van der Waals surface area (Å²) in [5.41, 5.74) is 1.36. The average molecular weight is 225 g/mol. The quantitative estimate of drug-likeness (QED) is 0.866. The fourth-order valence-electron chi connectivity index (χ4n) is 1.32. The molecule has 2 heterocycles.